The van der Waals surface area contributed by atoms with Crippen molar-refractivity contribution in [2.24, 2.45) is 0 Å². The first kappa shape index (κ1) is 18.2. The average Bonchev–Trinajstić information content (AvgIpc) is 2.56. The lowest BCUT2D eigenvalue weighted by Gasteiger charge is -2.10. The molecule has 0 bridgehead atoms. The van der Waals surface area contributed by atoms with E-state index in [1.807, 2.05) is 0 Å². The number of hydrogen-bond acceptors (Lipinski definition) is 6. The molecule has 25 heavy (non-hydrogen) atoms. The molecule has 0 aromatic heterocycles. The summed E-state index contributed by atoms with van der Waals surface area (Å²) < 4.78 is 44.2. The number of sulfonamides is 1. The van der Waals surface area contributed by atoms with Crippen LogP contribution in [0.25, 0.3) is 0 Å². The van der Waals surface area contributed by atoms with Crippen molar-refractivity contribution in [3.05, 3.63) is 64.0 Å². The predicted molar refractivity (Wildman–Crippen MR) is 87.1 cm³/mol. The van der Waals surface area contributed by atoms with Gasteiger partial charge in [0.15, 0.2) is 0 Å². The highest BCUT2D eigenvalue weighted by atomic mass is 32.2. The highest BCUT2D eigenvalue weighted by Crippen LogP contribution is 2.22. The first-order valence-electron chi connectivity index (χ1n) is 6.88. The minimum atomic E-state index is -3.85. The minimum Gasteiger partial charge on any atom is -0.492 e. The molecule has 0 aliphatic heterocycles. The van der Waals surface area contributed by atoms with Crippen molar-refractivity contribution in [1.82, 2.24) is 0 Å². The molecule has 0 spiro atoms. The van der Waals surface area contributed by atoms with Gasteiger partial charge in [0, 0.05) is 12.1 Å². The molecule has 10 heteroatoms. The Morgan fingerprint density at radius 1 is 1.24 bits per heavy atom. The molecule has 130 valence electrons. The van der Waals surface area contributed by atoms with Gasteiger partial charge >= 0.3 is 0 Å². The number of hydrogen-bond donors (Lipinski definition) is 1. The Morgan fingerprint density at radius 2 is 1.92 bits per heavy atom. The molecular weight excluding hydrogens is 353 g/mol. The van der Waals surface area contributed by atoms with Gasteiger partial charge in [0.25, 0.3) is 5.69 Å². The Kier molecular flexibility index (Phi) is 5.51. The van der Waals surface area contributed by atoms with Crippen molar-refractivity contribution < 1.29 is 22.5 Å². The molecule has 0 heterocycles. The lowest BCUT2D eigenvalue weighted by atomic mass is 10.2. The maximum atomic E-state index is 12.8. The largest absolute Gasteiger partial charge is 0.492 e. The van der Waals surface area contributed by atoms with E-state index in [0.717, 1.165) is 18.2 Å². The molecule has 0 radical (unpaired) electrons. The van der Waals surface area contributed by atoms with Crippen molar-refractivity contribution in [3.8, 4) is 11.8 Å². The SMILES string of the molecule is N#Cc1cc([N+](=O)[O-])ccc1NS(=O)(=O)CCOc1ccc(F)cc1. The molecule has 2 aromatic rings. The molecule has 2 rings (SSSR count). The number of halogens is 1. The van der Waals surface area contributed by atoms with Crippen LogP contribution in [-0.4, -0.2) is 25.7 Å². The third kappa shape index (κ3) is 5.15. The van der Waals surface area contributed by atoms with E-state index in [0.29, 0.717) is 5.75 Å². The van der Waals surface area contributed by atoms with Crippen LogP contribution in [0.5, 0.6) is 5.75 Å². The molecule has 8 nitrogen and oxygen atoms in total. The second-order valence-corrected chi connectivity index (χ2v) is 6.66. The molecule has 0 atom stereocenters. The van der Waals surface area contributed by atoms with Crippen molar-refractivity contribution in [3.63, 3.8) is 0 Å². The van der Waals surface area contributed by atoms with Crippen molar-refractivity contribution >= 4 is 21.4 Å². The van der Waals surface area contributed by atoms with E-state index in [4.69, 9.17) is 10.00 Å². The molecular formula is C15H12FN3O5S. The molecule has 0 saturated carbocycles. The molecule has 0 aliphatic carbocycles. The highest BCUT2D eigenvalue weighted by molar-refractivity contribution is 7.92. The van der Waals surface area contributed by atoms with Crippen molar-refractivity contribution in [1.29, 1.82) is 5.26 Å². The summed E-state index contributed by atoms with van der Waals surface area (Å²) in [5, 5.41) is 19.7. The Bertz CT molecular complexity index is 923. The van der Waals surface area contributed by atoms with Gasteiger partial charge in [0.05, 0.1) is 16.2 Å². The maximum absolute atomic E-state index is 12.8. The van der Waals surface area contributed by atoms with Crippen LogP contribution in [0.15, 0.2) is 42.5 Å². The van der Waals surface area contributed by atoms with Gasteiger partial charge in [-0.2, -0.15) is 5.26 Å². The Labute approximate surface area is 142 Å². The van der Waals surface area contributed by atoms with E-state index >= 15 is 0 Å². The monoisotopic (exact) mass is 365 g/mol. The van der Waals surface area contributed by atoms with Gasteiger partial charge in [-0.1, -0.05) is 0 Å². The number of nitro benzene ring substituents is 1. The molecule has 0 amide bonds. The second-order valence-electron chi connectivity index (χ2n) is 4.82. The summed E-state index contributed by atoms with van der Waals surface area (Å²) >= 11 is 0. The maximum Gasteiger partial charge on any atom is 0.270 e. The van der Waals surface area contributed by atoms with E-state index in [1.54, 1.807) is 6.07 Å². The lowest BCUT2D eigenvalue weighted by Crippen LogP contribution is -2.21. The number of benzene rings is 2. The second kappa shape index (κ2) is 7.59. The average molecular weight is 365 g/mol. The van der Waals surface area contributed by atoms with Gasteiger partial charge in [-0.15, -0.1) is 0 Å². The first-order valence-corrected chi connectivity index (χ1v) is 8.53. The number of nitro groups is 1. The fourth-order valence-electron chi connectivity index (χ4n) is 1.85. The highest BCUT2D eigenvalue weighted by Gasteiger charge is 2.16. The molecule has 2 aromatic carbocycles. The third-order valence-electron chi connectivity index (χ3n) is 3.03. The summed E-state index contributed by atoms with van der Waals surface area (Å²) in [7, 11) is -3.85. The van der Waals surface area contributed by atoms with Crippen LogP contribution in [-0.2, 0) is 10.0 Å². The standard InChI is InChI=1S/C15H12FN3O5S/c16-12-1-4-14(5-2-12)24-7-8-25(22,23)18-15-6-3-13(19(20)21)9-11(15)10-17/h1-6,9,18H,7-8H2. The Hall–Kier alpha value is -3.19. The molecule has 1 N–H and O–H groups in total. The molecule has 0 fully saturated rings. The summed E-state index contributed by atoms with van der Waals surface area (Å²) in [4.78, 5) is 10.00. The predicted octanol–water partition coefficient (Wildman–Crippen LogP) is 2.43. The third-order valence-corrected chi connectivity index (χ3v) is 4.27. The van der Waals surface area contributed by atoms with Crippen LogP contribution < -0.4 is 9.46 Å². The number of anilines is 1. The number of nitrogens with zero attached hydrogens (tertiary/aromatic N) is 2. The van der Waals surface area contributed by atoms with Gasteiger partial charge in [0.2, 0.25) is 10.0 Å². The Balaban J connectivity index is 2.02. The normalized spacial score (nSPS) is 10.7. The van der Waals surface area contributed by atoms with Gasteiger partial charge in [-0.3, -0.25) is 14.8 Å². The Morgan fingerprint density at radius 3 is 2.52 bits per heavy atom. The number of non-ortho nitro benzene ring substituents is 1. The topological polar surface area (TPSA) is 122 Å². The van der Waals surface area contributed by atoms with Crippen LogP contribution in [0.4, 0.5) is 15.8 Å². The van der Waals surface area contributed by atoms with Gasteiger partial charge in [-0.05, 0) is 30.3 Å². The van der Waals surface area contributed by atoms with E-state index < -0.39 is 26.5 Å². The number of nitriles is 1. The summed E-state index contributed by atoms with van der Waals surface area (Å²) in [5.74, 6) is -0.555. The zero-order valence-electron chi connectivity index (χ0n) is 12.7. The van der Waals surface area contributed by atoms with Crippen LogP contribution in [0.2, 0.25) is 0 Å². The summed E-state index contributed by atoms with van der Waals surface area (Å²) in [6.45, 7) is -0.199. The van der Waals surface area contributed by atoms with Gasteiger partial charge in [-0.25, -0.2) is 12.8 Å². The van der Waals surface area contributed by atoms with E-state index in [9.17, 15) is 22.9 Å². The molecule has 0 aliphatic rings. The van der Waals surface area contributed by atoms with Crippen molar-refractivity contribution in [2.45, 2.75) is 0 Å². The van der Waals surface area contributed by atoms with Crippen LogP contribution in [0.1, 0.15) is 5.56 Å². The molecule has 0 unspecified atom stereocenters. The summed E-state index contributed by atoms with van der Waals surface area (Å²) in [5.41, 5.74) is -0.550. The fourth-order valence-corrected chi connectivity index (χ4v) is 2.76. The summed E-state index contributed by atoms with van der Waals surface area (Å²) in [6, 6.07) is 10.00. The number of rotatable bonds is 7. The van der Waals surface area contributed by atoms with Crippen LogP contribution >= 0.6 is 0 Å². The van der Waals surface area contributed by atoms with Gasteiger partial charge < -0.3 is 4.74 Å². The lowest BCUT2D eigenvalue weighted by molar-refractivity contribution is -0.384. The van der Waals surface area contributed by atoms with E-state index in [1.165, 1.54) is 24.3 Å². The van der Waals surface area contributed by atoms with E-state index in [2.05, 4.69) is 4.72 Å². The quantitative estimate of drug-likeness (QED) is 0.594. The van der Waals surface area contributed by atoms with Crippen molar-refractivity contribution in [2.75, 3.05) is 17.1 Å². The zero-order valence-corrected chi connectivity index (χ0v) is 13.5. The first-order chi connectivity index (χ1) is 11.8. The van der Waals surface area contributed by atoms with E-state index in [-0.39, 0.29) is 23.5 Å². The molecule has 0 saturated heterocycles. The summed E-state index contributed by atoms with van der Waals surface area (Å²) in [6.07, 6.45) is 0. The number of ether oxygens (including phenoxy) is 1. The number of nitrogens with one attached hydrogen (secondary N) is 1. The van der Waals surface area contributed by atoms with Crippen LogP contribution in [0.3, 0.4) is 0 Å². The smallest absolute Gasteiger partial charge is 0.270 e. The van der Waals surface area contributed by atoms with Gasteiger partial charge in [0.1, 0.15) is 30.0 Å². The zero-order chi connectivity index (χ0) is 18.4. The minimum absolute atomic E-state index is 0.0603. The fraction of sp³-hybridized carbons (Fsp3) is 0.133. The van der Waals surface area contributed by atoms with Crippen LogP contribution in [0, 0.1) is 27.3 Å².